The minimum Gasteiger partial charge on any atom is -0.462 e. The van der Waals surface area contributed by atoms with Crippen molar-refractivity contribution in [2.45, 2.75) is 96.4 Å². The van der Waals surface area contributed by atoms with Gasteiger partial charge in [-0.2, -0.15) is 0 Å². The molecule has 6 aliphatic rings. The highest BCUT2D eigenvalue weighted by molar-refractivity contribution is 5.67. The second-order valence-electron chi connectivity index (χ2n) is 12.9. The molecule has 2 heterocycles. The Morgan fingerprint density at radius 3 is 2.36 bits per heavy atom. The monoisotopic (exact) mass is 542 g/mol. The van der Waals surface area contributed by atoms with E-state index in [1.807, 2.05) is 6.92 Å². The Hall–Kier alpha value is -1.92. The lowest BCUT2D eigenvalue weighted by Gasteiger charge is -2.62. The number of rotatable bonds is 4. The van der Waals surface area contributed by atoms with Crippen molar-refractivity contribution in [2.75, 3.05) is 26.4 Å². The van der Waals surface area contributed by atoms with Gasteiger partial charge in [0, 0.05) is 43.9 Å². The largest absolute Gasteiger partial charge is 0.462 e. The molecule has 0 N–H and O–H groups in total. The molecule has 1 unspecified atom stereocenters. The minimum absolute atomic E-state index is 0.106. The van der Waals surface area contributed by atoms with Crippen molar-refractivity contribution in [1.82, 2.24) is 0 Å². The number of carbonyl (C=O) groups excluding carboxylic acids is 2. The SMILES string of the molecule is C#CC(OC(C)=O)[C@]12C[C@H](OC(C)=O)[C@H]3[C@@H](CC=C4CC5(CC[C@@]43C)OCCO5)[C@@H]1CC[C@@H]2C1(C)OCCO1. The first-order chi connectivity index (χ1) is 18.6. The fourth-order valence-corrected chi connectivity index (χ4v) is 9.90. The molecule has 39 heavy (non-hydrogen) atoms. The average Bonchev–Trinajstić information content (AvgIpc) is 3.62. The van der Waals surface area contributed by atoms with Gasteiger partial charge in [-0.05, 0) is 56.3 Å². The first-order valence-electron chi connectivity index (χ1n) is 14.6. The fraction of sp³-hybridized carbons (Fsp3) is 0.806. The van der Waals surface area contributed by atoms with Gasteiger partial charge in [-0.3, -0.25) is 9.59 Å². The van der Waals surface area contributed by atoms with Crippen LogP contribution in [-0.2, 0) is 38.0 Å². The normalized spacial score (nSPS) is 42.4. The quantitative estimate of drug-likeness (QED) is 0.297. The summed E-state index contributed by atoms with van der Waals surface area (Å²) in [6.07, 6.45) is 13.0. The highest BCUT2D eigenvalue weighted by Crippen LogP contribution is 2.70. The van der Waals surface area contributed by atoms with E-state index in [1.54, 1.807) is 0 Å². The van der Waals surface area contributed by atoms with Crippen LogP contribution in [0.1, 0.15) is 72.6 Å². The van der Waals surface area contributed by atoms with Crippen LogP contribution >= 0.6 is 0 Å². The predicted molar refractivity (Wildman–Crippen MR) is 140 cm³/mol. The van der Waals surface area contributed by atoms with Crippen LogP contribution in [-0.4, -0.2) is 62.1 Å². The zero-order valence-electron chi connectivity index (χ0n) is 23.7. The summed E-state index contributed by atoms with van der Waals surface area (Å²) < 4.78 is 36.9. The van der Waals surface area contributed by atoms with Gasteiger partial charge in [0.25, 0.3) is 0 Å². The van der Waals surface area contributed by atoms with E-state index < -0.39 is 29.1 Å². The summed E-state index contributed by atoms with van der Waals surface area (Å²) in [5.74, 6) is 1.16. The summed E-state index contributed by atoms with van der Waals surface area (Å²) in [5.41, 5.74) is 0.542. The van der Waals surface area contributed by atoms with Gasteiger partial charge in [-0.15, -0.1) is 6.42 Å². The van der Waals surface area contributed by atoms with E-state index in [9.17, 15) is 9.59 Å². The van der Waals surface area contributed by atoms with E-state index in [-0.39, 0.29) is 41.2 Å². The van der Waals surface area contributed by atoms with E-state index in [4.69, 9.17) is 34.8 Å². The van der Waals surface area contributed by atoms with Crippen LogP contribution in [0.5, 0.6) is 0 Å². The van der Waals surface area contributed by atoms with Crippen LogP contribution in [0.3, 0.4) is 0 Å². The van der Waals surface area contributed by atoms with Crippen LogP contribution in [0.4, 0.5) is 0 Å². The van der Waals surface area contributed by atoms with E-state index >= 15 is 0 Å². The molecular weight excluding hydrogens is 500 g/mol. The highest BCUT2D eigenvalue weighted by Gasteiger charge is 2.71. The predicted octanol–water partition coefficient (Wildman–Crippen LogP) is 4.16. The lowest BCUT2D eigenvalue weighted by atomic mass is 9.44. The molecule has 0 aromatic heterocycles. The summed E-state index contributed by atoms with van der Waals surface area (Å²) in [6.45, 7) is 9.49. The Bertz CT molecular complexity index is 1080. The van der Waals surface area contributed by atoms with Crippen molar-refractivity contribution in [1.29, 1.82) is 0 Å². The summed E-state index contributed by atoms with van der Waals surface area (Å²) >= 11 is 0. The van der Waals surface area contributed by atoms with Crippen molar-refractivity contribution in [3.05, 3.63) is 11.6 Å². The lowest BCUT2D eigenvalue weighted by Crippen LogP contribution is -2.63. The second-order valence-corrected chi connectivity index (χ2v) is 12.9. The third-order valence-corrected chi connectivity index (χ3v) is 11.2. The lowest BCUT2D eigenvalue weighted by molar-refractivity contribution is -0.250. The van der Waals surface area contributed by atoms with Gasteiger partial charge in [0.15, 0.2) is 17.7 Å². The van der Waals surface area contributed by atoms with Crippen LogP contribution in [0.2, 0.25) is 0 Å². The number of terminal acetylenes is 1. The summed E-state index contributed by atoms with van der Waals surface area (Å²) in [7, 11) is 0. The maximum atomic E-state index is 12.6. The maximum absolute atomic E-state index is 12.6. The molecule has 8 heteroatoms. The van der Waals surface area contributed by atoms with Gasteiger partial charge in [-0.25, -0.2) is 0 Å². The van der Waals surface area contributed by atoms with Crippen LogP contribution < -0.4 is 0 Å². The van der Waals surface area contributed by atoms with Crippen molar-refractivity contribution in [2.24, 2.45) is 34.5 Å². The molecule has 3 saturated carbocycles. The second kappa shape index (κ2) is 9.58. The fourth-order valence-electron chi connectivity index (χ4n) is 9.90. The molecule has 0 amide bonds. The van der Waals surface area contributed by atoms with E-state index in [0.717, 1.165) is 38.5 Å². The molecule has 0 bridgehead atoms. The summed E-state index contributed by atoms with van der Waals surface area (Å²) in [6, 6.07) is 0. The number of fused-ring (bicyclic) bond motifs is 5. The Morgan fingerprint density at radius 1 is 1.03 bits per heavy atom. The topological polar surface area (TPSA) is 89.5 Å². The van der Waals surface area contributed by atoms with Gasteiger partial charge in [0.2, 0.25) is 0 Å². The molecule has 2 aliphatic heterocycles. The van der Waals surface area contributed by atoms with Crippen molar-refractivity contribution in [3.63, 3.8) is 0 Å². The third-order valence-electron chi connectivity index (χ3n) is 11.2. The standard InChI is InChI=1S/C31H42O8/c1-6-26(39-20(3)33)31-18-24(38-19(2)32)27-22(23(31)9-10-25(31)29(5)34-13-14-35-29)8-7-21-17-30(36-15-16-37-30)12-11-28(21,27)4/h1,7,22-27H,8-18H2,2-5H3/t22-,23-,24-,25+,26?,27+,28-,31+/m0/s1. The van der Waals surface area contributed by atoms with Crippen LogP contribution in [0, 0.1) is 46.8 Å². The Kier molecular flexibility index (Phi) is 6.70. The molecule has 0 aromatic carbocycles. The van der Waals surface area contributed by atoms with Gasteiger partial charge in [-0.1, -0.05) is 24.5 Å². The first kappa shape index (κ1) is 27.3. The number of carbonyl (C=O) groups is 2. The van der Waals surface area contributed by atoms with Gasteiger partial charge in [0.1, 0.15) is 6.10 Å². The third kappa shape index (κ3) is 4.10. The molecular formula is C31H42O8. The molecule has 214 valence electrons. The molecule has 2 saturated heterocycles. The average molecular weight is 543 g/mol. The number of allylic oxidation sites excluding steroid dienone is 1. The van der Waals surface area contributed by atoms with Crippen molar-refractivity contribution < 1.29 is 38.0 Å². The first-order valence-corrected chi connectivity index (χ1v) is 14.6. The number of hydrogen-bond donors (Lipinski definition) is 0. The molecule has 8 atom stereocenters. The Balaban J connectivity index is 1.45. The molecule has 6 rings (SSSR count). The van der Waals surface area contributed by atoms with Gasteiger partial charge >= 0.3 is 11.9 Å². The molecule has 1 spiro atoms. The maximum Gasteiger partial charge on any atom is 0.303 e. The van der Waals surface area contributed by atoms with Crippen LogP contribution in [0.15, 0.2) is 11.6 Å². The highest BCUT2D eigenvalue weighted by atomic mass is 16.7. The molecule has 8 nitrogen and oxygen atoms in total. The molecule has 0 aromatic rings. The van der Waals surface area contributed by atoms with Crippen LogP contribution in [0.25, 0.3) is 0 Å². The molecule has 4 aliphatic carbocycles. The van der Waals surface area contributed by atoms with E-state index in [2.05, 4.69) is 18.9 Å². The van der Waals surface area contributed by atoms with E-state index in [1.165, 1.54) is 19.4 Å². The van der Waals surface area contributed by atoms with Crippen molar-refractivity contribution in [3.8, 4) is 12.3 Å². The molecule has 5 fully saturated rings. The molecule has 0 radical (unpaired) electrons. The van der Waals surface area contributed by atoms with Gasteiger partial charge in [0.05, 0.1) is 26.4 Å². The van der Waals surface area contributed by atoms with Gasteiger partial charge < -0.3 is 28.4 Å². The Labute approximate surface area is 231 Å². The summed E-state index contributed by atoms with van der Waals surface area (Å²) in [4.78, 5) is 25.0. The summed E-state index contributed by atoms with van der Waals surface area (Å²) in [5, 5.41) is 0. The zero-order chi connectivity index (χ0) is 27.6. The minimum atomic E-state index is -0.842. The zero-order valence-corrected chi connectivity index (χ0v) is 23.7. The van der Waals surface area contributed by atoms with Crippen molar-refractivity contribution >= 4 is 11.9 Å². The Morgan fingerprint density at radius 2 is 1.72 bits per heavy atom. The number of hydrogen-bond acceptors (Lipinski definition) is 8. The van der Waals surface area contributed by atoms with E-state index in [0.29, 0.717) is 32.8 Å². The number of ether oxygens (including phenoxy) is 6. The number of esters is 2. The smallest absolute Gasteiger partial charge is 0.303 e.